The minimum Gasteiger partial charge on any atom is -0.497 e. The molecule has 0 aliphatic carbocycles. The molecule has 5 heteroatoms. The second-order valence-electron chi connectivity index (χ2n) is 5.80. The van der Waals surface area contributed by atoms with Crippen molar-refractivity contribution in [1.29, 1.82) is 0 Å². The molecular formula is C16H22N2O2S. The summed E-state index contributed by atoms with van der Waals surface area (Å²) in [7, 11) is 3.31. The lowest BCUT2D eigenvalue weighted by atomic mass is 10.1. The highest BCUT2D eigenvalue weighted by Gasteiger charge is 2.13. The number of methoxy groups -OCH3 is 2. The monoisotopic (exact) mass is 306 g/mol. The number of hydrogen-bond donors (Lipinski definition) is 1. The molecule has 0 bridgehead atoms. The number of rotatable bonds is 5. The van der Waals surface area contributed by atoms with E-state index < -0.39 is 0 Å². The van der Waals surface area contributed by atoms with Crippen molar-refractivity contribution in [2.75, 3.05) is 14.2 Å². The molecule has 0 spiro atoms. The first-order chi connectivity index (χ1) is 9.93. The molecule has 21 heavy (non-hydrogen) atoms. The summed E-state index contributed by atoms with van der Waals surface area (Å²) >= 11 is 1.65. The summed E-state index contributed by atoms with van der Waals surface area (Å²) < 4.78 is 10.7. The Balaban J connectivity index is 2.21. The highest BCUT2D eigenvalue weighted by Crippen LogP contribution is 2.33. The van der Waals surface area contributed by atoms with Crippen LogP contribution in [-0.2, 0) is 6.54 Å². The Kier molecular flexibility index (Phi) is 4.85. The van der Waals surface area contributed by atoms with Gasteiger partial charge >= 0.3 is 0 Å². The van der Waals surface area contributed by atoms with Crippen LogP contribution in [0.2, 0.25) is 0 Å². The first-order valence-electron chi connectivity index (χ1n) is 6.85. The van der Waals surface area contributed by atoms with Crippen LogP contribution in [0.5, 0.6) is 11.5 Å². The summed E-state index contributed by atoms with van der Waals surface area (Å²) in [5.41, 5.74) is 2.01. The third-order valence-electron chi connectivity index (χ3n) is 3.01. The van der Waals surface area contributed by atoms with Crippen molar-refractivity contribution >= 4 is 11.3 Å². The first-order valence-corrected chi connectivity index (χ1v) is 7.73. The summed E-state index contributed by atoms with van der Waals surface area (Å²) in [4.78, 5) is 4.68. The maximum atomic E-state index is 5.43. The highest BCUT2D eigenvalue weighted by atomic mass is 32.1. The number of benzene rings is 1. The molecule has 0 unspecified atom stereocenters. The smallest absolute Gasteiger partial charge is 0.131 e. The molecule has 2 rings (SSSR count). The van der Waals surface area contributed by atoms with Crippen LogP contribution in [0.1, 0.15) is 25.8 Å². The van der Waals surface area contributed by atoms with Gasteiger partial charge in [0.25, 0.3) is 0 Å². The van der Waals surface area contributed by atoms with Gasteiger partial charge in [-0.05, 0) is 32.9 Å². The van der Waals surface area contributed by atoms with Crippen LogP contribution in [0.25, 0.3) is 11.3 Å². The van der Waals surface area contributed by atoms with Gasteiger partial charge in [0, 0.05) is 29.1 Å². The van der Waals surface area contributed by atoms with Gasteiger partial charge in [0.2, 0.25) is 0 Å². The maximum absolute atomic E-state index is 5.43. The topological polar surface area (TPSA) is 43.4 Å². The second kappa shape index (κ2) is 6.45. The Morgan fingerprint density at radius 1 is 1.19 bits per heavy atom. The van der Waals surface area contributed by atoms with Gasteiger partial charge in [-0.25, -0.2) is 4.98 Å². The van der Waals surface area contributed by atoms with Crippen LogP contribution in [0.3, 0.4) is 0 Å². The maximum Gasteiger partial charge on any atom is 0.131 e. The average molecular weight is 306 g/mol. The molecule has 1 N–H and O–H groups in total. The lowest BCUT2D eigenvalue weighted by Crippen LogP contribution is -2.34. The number of ether oxygens (including phenoxy) is 2. The molecule has 1 aromatic heterocycles. The molecule has 0 fully saturated rings. The van der Waals surface area contributed by atoms with Crippen LogP contribution in [0.4, 0.5) is 0 Å². The SMILES string of the molecule is COc1ccc(-c2csc(CNC(C)(C)C)n2)c(OC)c1. The molecule has 0 radical (unpaired) electrons. The third kappa shape index (κ3) is 4.19. The van der Waals surface area contributed by atoms with Crippen molar-refractivity contribution in [3.05, 3.63) is 28.6 Å². The highest BCUT2D eigenvalue weighted by molar-refractivity contribution is 7.09. The first kappa shape index (κ1) is 15.8. The minimum atomic E-state index is 0.0869. The van der Waals surface area contributed by atoms with Gasteiger partial charge in [-0.1, -0.05) is 0 Å². The summed E-state index contributed by atoms with van der Waals surface area (Å²) in [6, 6.07) is 5.78. The Morgan fingerprint density at radius 3 is 2.57 bits per heavy atom. The second-order valence-corrected chi connectivity index (χ2v) is 6.74. The van der Waals surface area contributed by atoms with E-state index in [0.717, 1.165) is 34.3 Å². The summed E-state index contributed by atoms with van der Waals surface area (Å²) in [5.74, 6) is 1.55. The fourth-order valence-electron chi connectivity index (χ4n) is 1.87. The normalized spacial score (nSPS) is 11.5. The standard InChI is InChI=1S/C16H22N2O2S/c1-16(2,3)17-9-15-18-13(10-21-15)12-7-6-11(19-4)8-14(12)20-5/h6-8,10,17H,9H2,1-5H3. The fourth-order valence-corrected chi connectivity index (χ4v) is 2.60. The number of aromatic nitrogens is 1. The summed E-state index contributed by atoms with van der Waals surface area (Å²) in [6.45, 7) is 7.21. The van der Waals surface area contributed by atoms with Crippen LogP contribution in [0, 0.1) is 0 Å². The van der Waals surface area contributed by atoms with Gasteiger partial charge in [0.15, 0.2) is 0 Å². The average Bonchev–Trinajstić information content (AvgIpc) is 2.92. The van der Waals surface area contributed by atoms with Crippen LogP contribution in [0.15, 0.2) is 23.6 Å². The Morgan fingerprint density at radius 2 is 1.95 bits per heavy atom. The zero-order valence-electron chi connectivity index (χ0n) is 13.2. The van der Waals surface area contributed by atoms with Crippen molar-refractivity contribution in [3.63, 3.8) is 0 Å². The van der Waals surface area contributed by atoms with E-state index in [4.69, 9.17) is 9.47 Å². The quantitative estimate of drug-likeness (QED) is 0.914. The molecule has 1 heterocycles. The van der Waals surface area contributed by atoms with E-state index in [1.165, 1.54) is 0 Å². The van der Waals surface area contributed by atoms with Crippen molar-refractivity contribution in [2.45, 2.75) is 32.9 Å². The van der Waals surface area contributed by atoms with Crippen molar-refractivity contribution in [2.24, 2.45) is 0 Å². The minimum absolute atomic E-state index is 0.0869. The fraction of sp³-hybridized carbons (Fsp3) is 0.438. The Labute approximate surface area is 130 Å². The van der Waals surface area contributed by atoms with Gasteiger partial charge in [0.1, 0.15) is 16.5 Å². The van der Waals surface area contributed by atoms with Crippen LogP contribution < -0.4 is 14.8 Å². The molecule has 0 saturated heterocycles. The van der Waals surface area contributed by atoms with Gasteiger partial charge in [-0.3, -0.25) is 0 Å². The Hall–Kier alpha value is -1.59. The summed E-state index contributed by atoms with van der Waals surface area (Å²) in [5, 5.41) is 6.57. The van der Waals surface area contributed by atoms with Gasteiger partial charge in [-0.15, -0.1) is 11.3 Å². The zero-order valence-corrected chi connectivity index (χ0v) is 14.0. The Bertz CT molecular complexity index is 603. The largest absolute Gasteiger partial charge is 0.497 e. The lowest BCUT2D eigenvalue weighted by molar-refractivity contribution is 0.395. The van der Waals surface area contributed by atoms with Crippen molar-refractivity contribution in [3.8, 4) is 22.8 Å². The van der Waals surface area contributed by atoms with Crippen LogP contribution >= 0.6 is 11.3 Å². The molecule has 2 aromatic rings. The molecule has 0 saturated carbocycles. The molecule has 4 nitrogen and oxygen atoms in total. The van der Waals surface area contributed by atoms with Gasteiger partial charge in [0.05, 0.1) is 19.9 Å². The number of hydrogen-bond acceptors (Lipinski definition) is 5. The molecule has 1 aromatic carbocycles. The molecule has 0 atom stereocenters. The number of nitrogens with zero attached hydrogens (tertiary/aromatic N) is 1. The third-order valence-corrected chi connectivity index (χ3v) is 3.86. The van der Waals surface area contributed by atoms with Crippen molar-refractivity contribution in [1.82, 2.24) is 10.3 Å². The van der Waals surface area contributed by atoms with E-state index >= 15 is 0 Å². The summed E-state index contributed by atoms with van der Waals surface area (Å²) in [6.07, 6.45) is 0. The molecule has 114 valence electrons. The molecule has 0 amide bonds. The van der Waals surface area contributed by atoms with E-state index in [2.05, 4.69) is 36.5 Å². The van der Waals surface area contributed by atoms with E-state index in [1.54, 1.807) is 25.6 Å². The predicted octanol–water partition coefficient (Wildman–Crippen LogP) is 3.72. The van der Waals surface area contributed by atoms with Crippen LogP contribution in [-0.4, -0.2) is 24.7 Å². The van der Waals surface area contributed by atoms with Gasteiger partial charge < -0.3 is 14.8 Å². The molecule has 0 aliphatic rings. The predicted molar refractivity (Wildman–Crippen MR) is 87.2 cm³/mol. The van der Waals surface area contributed by atoms with E-state index in [1.807, 2.05) is 18.2 Å². The molecule has 0 aliphatic heterocycles. The number of thiazole rings is 1. The van der Waals surface area contributed by atoms with E-state index in [9.17, 15) is 0 Å². The zero-order chi connectivity index (χ0) is 15.5. The van der Waals surface area contributed by atoms with E-state index in [0.29, 0.717) is 0 Å². The lowest BCUT2D eigenvalue weighted by Gasteiger charge is -2.19. The van der Waals surface area contributed by atoms with Gasteiger partial charge in [-0.2, -0.15) is 0 Å². The molecular weight excluding hydrogens is 284 g/mol. The number of nitrogens with one attached hydrogen (secondary N) is 1. The van der Waals surface area contributed by atoms with E-state index in [-0.39, 0.29) is 5.54 Å². The van der Waals surface area contributed by atoms with Crippen molar-refractivity contribution < 1.29 is 9.47 Å².